The second-order valence-corrected chi connectivity index (χ2v) is 5.13. The van der Waals surface area contributed by atoms with Crippen molar-refractivity contribution in [3.63, 3.8) is 0 Å². The molecule has 0 N–H and O–H groups in total. The molecule has 0 aromatic heterocycles. The van der Waals surface area contributed by atoms with Crippen LogP contribution in [0.3, 0.4) is 0 Å². The minimum absolute atomic E-state index is 0.0168. The zero-order valence-corrected chi connectivity index (χ0v) is 11.3. The Morgan fingerprint density at radius 2 is 1.52 bits per heavy atom. The molecule has 0 bridgehead atoms. The molecule has 126 valence electrons. The molecule has 11 heteroatoms. The van der Waals surface area contributed by atoms with Gasteiger partial charge < -0.3 is 0 Å². The van der Waals surface area contributed by atoms with Crippen LogP contribution in [-0.2, 0) is 4.79 Å². The summed E-state index contributed by atoms with van der Waals surface area (Å²) in [7, 11) is 0. The smallest absolute Gasteiger partial charge is 0.287 e. The van der Waals surface area contributed by atoms with E-state index >= 15 is 0 Å². The molecular formula is C10H11F9OS. The maximum absolute atomic E-state index is 13.1. The fraction of sp³-hybridized carbons (Fsp3) is 0.900. The minimum atomic E-state index is -6.71. The highest BCUT2D eigenvalue weighted by atomic mass is 32.2. The summed E-state index contributed by atoms with van der Waals surface area (Å²) >= 11 is 0.446. The fourth-order valence-corrected chi connectivity index (χ4v) is 1.90. The third-order valence-corrected chi connectivity index (χ3v) is 3.43. The molecule has 0 saturated heterocycles. The fourth-order valence-electron chi connectivity index (χ4n) is 1.12. The van der Waals surface area contributed by atoms with Crippen molar-refractivity contribution < 1.29 is 44.3 Å². The second kappa shape index (κ2) is 7.10. The minimum Gasteiger partial charge on any atom is -0.287 e. The maximum atomic E-state index is 13.1. The Bertz CT molecular complexity index is 355. The summed E-state index contributed by atoms with van der Waals surface area (Å²) in [5.74, 6) is -13.5. The van der Waals surface area contributed by atoms with E-state index in [1.807, 2.05) is 0 Å². The van der Waals surface area contributed by atoms with E-state index in [2.05, 4.69) is 0 Å². The molecule has 0 aliphatic rings. The van der Waals surface area contributed by atoms with E-state index in [0.717, 1.165) is 0 Å². The van der Waals surface area contributed by atoms with E-state index in [9.17, 15) is 44.3 Å². The topological polar surface area (TPSA) is 17.1 Å². The van der Waals surface area contributed by atoms with Crippen LogP contribution in [0.4, 0.5) is 39.5 Å². The molecule has 2 atom stereocenters. The molecule has 0 aromatic rings. The highest BCUT2D eigenvalue weighted by molar-refractivity contribution is 8.13. The van der Waals surface area contributed by atoms with Gasteiger partial charge in [-0.2, -0.15) is 30.7 Å². The molecule has 0 radical (unpaired) electrons. The van der Waals surface area contributed by atoms with Crippen LogP contribution in [0.2, 0.25) is 0 Å². The van der Waals surface area contributed by atoms with Gasteiger partial charge in [0.25, 0.3) is 0 Å². The number of alkyl halides is 9. The zero-order chi connectivity index (χ0) is 17.1. The molecule has 1 nitrogen and oxygen atoms in total. The van der Waals surface area contributed by atoms with Gasteiger partial charge in [-0.15, -0.1) is 0 Å². The number of halogens is 9. The standard InChI is InChI=1S/C10H11F9OS/c1-2-6(20)21-4-3-5(11)7(12)8(13,14)9(15,16)10(17,18)19/h5,7H,2-4H2,1H3. The van der Waals surface area contributed by atoms with Crippen LogP contribution >= 0.6 is 11.8 Å². The van der Waals surface area contributed by atoms with Gasteiger partial charge >= 0.3 is 18.0 Å². The number of carbonyl (C=O) groups is 1. The maximum Gasteiger partial charge on any atom is 0.459 e. The second-order valence-electron chi connectivity index (χ2n) is 3.98. The lowest BCUT2D eigenvalue weighted by atomic mass is 10.0. The Labute approximate surface area is 118 Å². The van der Waals surface area contributed by atoms with Gasteiger partial charge in [0.2, 0.25) is 6.17 Å². The van der Waals surface area contributed by atoms with Crippen LogP contribution < -0.4 is 0 Å². The van der Waals surface area contributed by atoms with Gasteiger partial charge in [0.05, 0.1) is 0 Å². The third kappa shape index (κ3) is 4.68. The van der Waals surface area contributed by atoms with E-state index in [1.165, 1.54) is 6.92 Å². The molecule has 2 unspecified atom stereocenters. The van der Waals surface area contributed by atoms with E-state index in [0.29, 0.717) is 11.8 Å². The molecule has 0 aliphatic heterocycles. The average Bonchev–Trinajstić information content (AvgIpc) is 2.35. The highest BCUT2D eigenvalue weighted by Gasteiger charge is 2.76. The van der Waals surface area contributed by atoms with E-state index in [4.69, 9.17) is 0 Å². The van der Waals surface area contributed by atoms with Gasteiger partial charge in [0, 0.05) is 12.2 Å². The van der Waals surface area contributed by atoms with Crippen molar-refractivity contribution in [2.75, 3.05) is 5.75 Å². The van der Waals surface area contributed by atoms with Crippen LogP contribution in [0.5, 0.6) is 0 Å². The lowest BCUT2D eigenvalue weighted by Crippen LogP contribution is -2.58. The summed E-state index contributed by atoms with van der Waals surface area (Å²) in [5, 5.41) is -0.481. The molecular weight excluding hydrogens is 339 g/mol. The quantitative estimate of drug-likeness (QED) is 0.627. The lowest BCUT2D eigenvalue weighted by molar-refractivity contribution is -0.368. The molecule has 0 heterocycles. The number of carbonyl (C=O) groups excluding carboxylic acids is 1. The summed E-state index contributed by atoms with van der Waals surface area (Å²) in [6.45, 7) is 1.43. The summed E-state index contributed by atoms with van der Waals surface area (Å²) < 4.78 is 112. The van der Waals surface area contributed by atoms with Gasteiger partial charge in [0.1, 0.15) is 6.17 Å². The predicted octanol–water partition coefficient (Wildman–Crippen LogP) is 4.56. The summed E-state index contributed by atoms with van der Waals surface area (Å²) in [6, 6.07) is 0. The number of thioether (sulfide) groups is 1. The number of hydrogen-bond donors (Lipinski definition) is 0. The SMILES string of the molecule is CCC(=O)SCCC(F)C(F)C(F)(F)C(F)(F)C(F)(F)F. The van der Waals surface area contributed by atoms with Crippen LogP contribution in [0.25, 0.3) is 0 Å². The first-order chi connectivity index (χ1) is 9.29. The molecule has 0 amide bonds. The van der Waals surface area contributed by atoms with Gasteiger partial charge in [-0.05, 0) is 6.42 Å². The Hall–Kier alpha value is -0.610. The van der Waals surface area contributed by atoms with Gasteiger partial charge in [-0.25, -0.2) is 8.78 Å². The molecule has 21 heavy (non-hydrogen) atoms. The van der Waals surface area contributed by atoms with Crippen molar-refractivity contribution in [3.8, 4) is 0 Å². The van der Waals surface area contributed by atoms with Gasteiger partial charge in [-0.1, -0.05) is 18.7 Å². The number of rotatable bonds is 7. The first-order valence-corrected chi connectivity index (χ1v) is 6.53. The van der Waals surface area contributed by atoms with E-state index in [-0.39, 0.29) is 6.42 Å². The third-order valence-electron chi connectivity index (χ3n) is 2.38. The first-order valence-electron chi connectivity index (χ1n) is 5.55. The molecule has 0 fully saturated rings. The van der Waals surface area contributed by atoms with Crippen molar-refractivity contribution in [1.29, 1.82) is 0 Å². The van der Waals surface area contributed by atoms with Crippen molar-refractivity contribution >= 4 is 16.9 Å². The monoisotopic (exact) mass is 350 g/mol. The van der Waals surface area contributed by atoms with Crippen LogP contribution in [0, 0.1) is 0 Å². The highest BCUT2D eigenvalue weighted by Crippen LogP contribution is 2.49. The molecule has 0 aromatic carbocycles. The van der Waals surface area contributed by atoms with E-state index < -0.39 is 47.7 Å². The molecule has 0 saturated carbocycles. The number of hydrogen-bond acceptors (Lipinski definition) is 2. The van der Waals surface area contributed by atoms with E-state index in [1.54, 1.807) is 0 Å². The average molecular weight is 350 g/mol. The normalized spacial score (nSPS) is 16.7. The first kappa shape index (κ1) is 20.4. The Morgan fingerprint density at radius 3 is 1.90 bits per heavy atom. The van der Waals surface area contributed by atoms with Gasteiger partial charge in [0.15, 0.2) is 5.12 Å². The molecule has 0 rings (SSSR count). The summed E-state index contributed by atoms with van der Waals surface area (Å²) in [6.07, 6.45) is -15.4. The Balaban J connectivity index is 4.81. The summed E-state index contributed by atoms with van der Waals surface area (Å²) in [5.41, 5.74) is 0. The van der Waals surface area contributed by atoms with Crippen molar-refractivity contribution in [2.45, 2.75) is 50.1 Å². The predicted molar refractivity (Wildman–Crippen MR) is 58.1 cm³/mol. The lowest BCUT2D eigenvalue weighted by Gasteiger charge is -2.31. The Morgan fingerprint density at radius 1 is 1.05 bits per heavy atom. The van der Waals surface area contributed by atoms with Crippen molar-refractivity contribution in [1.82, 2.24) is 0 Å². The summed E-state index contributed by atoms with van der Waals surface area (Å²) in [4.78, 5) is 10.8. The van der Waals surface area contributed by atoms with Crippen LogP contribution in [0.1, 0.15) is 19.8 Å². The van der Waals surface area contributed by atoms with Crippen LogP contribution in [0.15, 0.2) is 0 Å². The van der Waals surface area contributed by atoms with Crippen LogP contribution in [-0.4, -0.2) is 41.2 Å². The van der Waals surface area contributed by atoms with Crippen molar-refractivity contribution in [2.24, 2.45) is 0 Å². The molecule has 0 spiro atoms. The Kier molecular flexibility index (Phi) is 6.89. The largest absolute Gasteiger partial charge is 0.459 e. The molecule has 0 aliphatic carbocycles. The van der Waals surface area contributed by atoms with Gasteiger partial charge in [-0.3, -0.25) is 4.79 Å². The van der Waals surface area contributed by atoms with Crippen molar-refractivity contribution in [3.05, 3.63) is 0 Å². The zero-order valence-electron chi connectivity index (χ0n) is 10.5.